The molecule has 2 atom stereocenters. The maximum atomic E-state index is 12.6. The molecule has 28 heavy (non-hydrogen) atoms. The lowest BCUT2D eigenvalue weighted by atomic mass is 10.0. The van der Waals surface area contributed by atoms with Gasteiger partial charge in [-0.25, -0.2) is 4.98 Å². The van der Waals surface area contributed by atoms with Crippen molar-refractivity contribution >= 4 is 22.8 Å². The highest BCUT2D eigenvalue weighted by molar-refractivity contribution is 5.80. The van der Waals surface area contributed by atoms with Crippen LogP contribution in [0.15, 0.2) is 48.5 Å². The number of benzene rings is 2. The van der Waals surface area contributed by atoms with E-state index in [1.165, 1.54) is 6.92 Å². The Morgan fingerprint density at radius 2 is 1.82 bits per heavy atom. The van der Waals surface area contributed by atoms with Gasteiger partial charge >= 0.3 is 0 Å². The number of fused-ring (bicyclic) bond motifs is 1. The van der Waals surface area contributed by atoms with E-state index in [1.54, 1.807) is 19.2 Å². The third-order valence-electron chi connectivity index (χ3n) is 4.48. The number of methoxy groups -OCH3 is 1. The predicted molar refractivity (Wildman–Crippen MR) is 107 cm³/mol. The Bertz CT molecular complexity index is 932. The third kappa shape index (κ3) is 4.68. The van der Waals surface area contributed by atoms with Crippen LogP contribution in [0.4, 0.5) is 0 Å². The van der Waals surface area contributed by atoms with E-state index < -0.39 is 6.04 Å². The van der Waals surface area contributed by atoms with Gasteiger partial charge in [0.1, 0.15) is 11.6 Å². The second-order valence-corrected chi connectivity index (χ2v) is 6.66. The summed E-state index contributed by atoms with van der Waals surface area (Å²) in [4.78, 5) is 31.9. The fourth-order valence-electron chi connectivity index (χ4n) is 3.07. The van der Waals surface area contributed by atoms with Gasteiger partial charge in [-0.3, -0.25) is 9.59 Å². The first-order chi connectivity index (χ1) is 13.5. The molecule has 0 saturated heterocycles. The van der Waals surface area contributed by atoms with E-state index in [2.05, 4.69) is 20.6 Å². The zero-order valence-electron chi connectivity index (χ0n) is 16.2. The Hall–Kier alpha value is -3.35. The molecule has 7 nitrogen and oxygen atoms in total. The lowest BCUT2D eigenvalue weighted by molar-refractivity contribution is -0.123. The molecule has 1 aromatic heterocycles. The molecular formula is C21H24N4O3. The smallest absolute Gasteiger partial charge is 0.222 e. The molecule has 0 aliphatic rings. The van der Waals surface area contributed by atoms with Gasteiger partial charge < -0.3 is 20.4 Å². The number of nitrogens with one attached hydrogen (secondary N) is 3. The summed E-state index contributed by atoms with van der Waals surface area (Å²) in [6.07, 6.45) is 0.122. The van der Waals surface area contributed by atoms with Crippen molar-refractivity contribution in [2.75, 3.05) is 7.11 Å². The Kier molecular flexibility index (Phi) is 5.93. The summed E-state index contributed by atoms with van der Waals surface area (Å²) in [5, 5.41) is 5.78. The van der Waals surface area contributed by atoms with Crippen LogP contribution < -0.4 is 15.4 Å². The molecular weight excluding hydrogens is 356 g/mol. The normalized spacial score (nSPS) is 13.0. The Morgan fingerprint density at radius 3 is 2.46 bits per heavy atom. The molecule has 0 aliphatic carbocycles. The number of hydrogen-bond acceptors (Lipinski definition) is 4. The molecule has 0 radical (unpaired) electrons. The SMILES string of the molecule is COc1ccc(C(CC(=O)NC(C)c2nc3ccccc3[nH]2)NC(C)=O)cc1. The standard InChI is InChI=1S/C21H24N4O3/c1-13(21-24-17-6-4-5-7-18(17)25-21)22-20(27)12-19(23-14(2)26)15-8-10-16(28-3)11-9-15/h4-11,13,19H,12H2,1-3H3,(H,22,27)(H,23,26)(H,24,25). The van der Waals surface area contributed by atoms with Crippen molar-refractivity contribution in [3.8, 4) is 5.75 Å². The zero-order valence-corrected chi connectivity index (χ0v) is 16.2. The number of para-hydroxylation sites is 2. The van der Waals surface area contributed by atoms with Crippen LogP contribution in [-0.2, 0) is 9.59 Å². The summed E-state index contributed by atoms with van der Waals surface area (Å²) >= 11 is 0. The van der Waals surface area contributed by atoms with E-state index in [1.807, 2.05) is 43.3 Å². The molecule has 3 rings (SSSR count). The number of H-pyrrole nitrogens is 1. The number of aromatic amines is 1. The molecule has 0 saturated carbocycles. The number of carbonyl (C=O) groups excluding carboxylic acids is 2. The number of amides is 2. The monoisotopic (exact) mass is 380 g/mol. The van der Waals surface area contributed by atoms with Crippen LogP contribution >= 0.6 is 0 Å². The molecule has 2 unspecified atom stereocenters. The number of rotatable bonds is 7. The first-order valence-corrected chi connectivity index (χ1v) is 9.11. The zero-order chi connectivity index (χ0) is 20.1. The summed E-state index contributed by atoms with van der Waals surface area (Å²) in [5.41, 5.74) is 2.61. The molecule has 7 heteroatoms. The summed E-state index contributed by atoms with van der Waals surface area (Å²) in [6.45, 7) is 3.31. The lowest BCUT2D eigenvalue weighted by Gasteiger charge is -2.20. The highest BCUT2D eigenvalue weighted by Gasteiger charge is 2.20. The van der Waals surface area contributed by atoms with Gasteiger partial charge in [0.05, 0.1) is 36.6 Å². The van der Waals surface area contributed by atoms with Crippen LogP contribution in [0.3, 0.4) is 0 Å². The van der Waals surface area contributed by atoms with Gasteiger partial charge in [-0.05, 0) is 36.8 Å². The van der Waals surface area contributed by atoms with E-state index in [4.69, 9.17) is 4.74 Å². The number of ether oxygens (including phenoxy) is 1. The number of carbonyl (C=O) groups is 2. The minimum atomic E-state index is -0.425. The maximum Gasteiger partial charge on any atom is 0.222 e. The first kappa shape index (κ1) is 19.4. The molecule has 2 aromatic carbocycles. The minimum absolute atomic E-state index is 0.122. The van der Waals surface area contributed by atoms with Gasteiger partial charge in [0.15, 0.2) is 0 Å². The molecule has 0 bridgehead atoms. The highest BCUT2D eigenvalue weighted by Crippen LogP contribution is 2.21. The maximum absolute atomic E-state index is 12.6. The lowest BCUT2D eigenvalue weighted by Crippen LogP contribution is -2.34. The minimum Gasteiger partial charge on any atom is -0.497 e. The van der Waals surface area contributed by atoms with Crippen LogP contribution in [0, 0.1) is 0 Å². The van der Waals surface area contributed by atoms with E-state index in [0.29, 0.717) is 11.6 Å². The number of nitrogens with zero attached hydrogens (tertiary/aromatic N) is 1. The van der Waals surface area contributed by atoms with Crippen LogP contribution in [0.2, 0.25) is 0 Å². The summed E-state index contributed by atoms with van der Waals surface area (Å²) in [5.74, 6) is 1.03. The van der Waals surface area contributed by atoms with Gasteiger partial charge in [0.2, 0.25) is 11.8 Å². The van der Waals surface area contributed by atoms with Crippen molar-refractivity contribution in [1.29, 1.82) is 0 Å². The fraction of sp³-hybridized carbons (Fsp3) is 0.286. The van der Waals surface area contributed by atoms with Crippen LogP contribution in [0.25, 0.3) is 11.0 Å². The van der Waals surface area contributed by atoms with E-state index >= 15 is 0 Å². The van der Waals surface area contributed by atoms with Gasteiger partial charge in [0.25, 0.3) is 0 Å². The number of hydrogen-bond donors (Lipinski definition) is 3. The quantitative estimate of drug-likeness (QED) is 0.587. The van der Waals surface area contributed by atoms with Crippen molar-refractivity contribution < 1.29 is 14.3 Å². The van der Waals surface area contributed by atoms with E-state index in [9.17, 15) is 9.59 Å². The van der Waals surface area contributed by atoms with Crippen molar-refractivity contribution in [3.63, 3.8) is 0 Å². The van der Waals surface area contributed by atoms with E-state index in [-0.39, 0.29) is 24.3 Å². The average Bonchev–Trinajstić information content (AvgIpc) is 3.11. The highest BCUT2D eigenvalue weighted by atomic mass is 16.5. The molecule has 0 spiro atoms. The van der Waals surface area contributed by atoms with Crippen LogP contribution in [-0.4, -0.2) is 28.9 Å². The molecule has 3 N–H and O–H groups in total. The summed E-state index contributed by atoms with van der Waals surface area (Å²) < 4.78 is 5.16. The Labute approximate surface area is 163 Å². The van der Waals surface area contributed by atoms with Gasteiger partial charge in [0, 0.05) is 6.92 Å². The molecule has 0 fully saturated rings. The van der Waals surface area contributed by atoms with Gasteiger partial charge in [-0.1, -0.05) is 24.3 Å². The fourth-order valence-corrected chi connectivity index (χ4v) is 3.07. The van der Waals surface area contributed by atoms with E-state index in [0.717, 1.165) is 16.6 Å². The van der Waals surface area contributed by atoms with Crippen LogP contribution in [0.1, 0.15) is 43.7 Å². The van der Waals surface area contributed by atoms with Crippen LogP contribution in [0.5, 0.6) is 5.75 Å². The van der Waals surface area contributed by atoms with Crippen molar-refractivity contribution in [2.45, 2.75) is 32.4 Å². The molecule has 1 heterocycles. The first-order valence-electron chi connectivity index (χ1n) is 9.11. The molecule has 3 aromatic rings. The molecule has 0 aliphatic heterocycles. The predicted octanol–water partition coefficient (Wildman–Crippen LogP) is 3.02. The summed E-state index contributed by atoms with van der Waals surface area (Å²) in [6, 6.07) is 14.3. The van der Waals surface area contributed by atoms with Crippen molar-refractivity contribution in [1.82, 2.24) is 20.6 Å². The topological polar surface area (TPSA) is 96.1 Å². The Morgan fingerprint density at radius 1 is 1.11 bits per heavy atom. The second kappa shape index (κ2) is 8.56. The van der Waals surface area contributed by atoms with Gasteiger partial charge in [-0.2, -0.15) is 0 Å². The largest absolute Gasteiger partial charge is 0.497 e. The third-order valence-corrected chi connectivity index (χ3v) is 4.48. The Balaban J connectivity index is 1.69. The average molecular weight is 380 g/mol. The molecule has 146 valence electrons. The van der Waals surface area contributed by atoms with Crippen molar-refractivity contribution in [2.24, 2.45) is 0 Å². The second-order valence-electron chi connectivity index (χ2n) is 6.66. The van der Waals surface area contributed by atoms with Crippen molar-refractivity contribution in [3.05, 3.63) is 59.9 Å². The number of aromatic nitrogens is 2. The van der Waals surface area contributed by atoms with Gasteiger partial charge in [-0.15, -0.1) is 0 Å². The number of imidazole rings is 1. The molecule has 2 amide bonds. The summed E-state index contributed by atoms with van der Waals surface area (Å²) in [7, 11) is 1.59.